The first kappa shape index (κ1) is 20.7. The van der Waals surface area contributed by atoms with Crippen molar-refractivity contribution in [2.75, 3.05) is 13.1 Å². The summed E-state index contributed by atoms with van der Waals surface area (Å²) < 4.78 is 0. The second-order valence-electron chi connectivity index (χ2n) is 7.05. The number of H-pyrrole nitrogens is 1. The molecule has 0 radical (unpaired) electrons. The van der Waals surface area contributed by atoms with Crippen molar-refractivity contribution >= 4 is 5.91 Å². The Morgan fingerprint density at radius 2 is 1.76 bits per heavy atom. The number of carbonyl (C=O) groups is 1. The van der Waals surface area contributed by atoms with E-state index in [0.717, 1.165) is 35.1 Å². The van der Waals surface area contributed by atoms with Crippen LogP contribution in [0.25, 0.3) is 22.5 Å². The van der Waals surface area contributed by atoms with Crippen molar-refractivity contribution in [3.05, 3.63) is 54.1 Å². The molecule has 0 bridgehead atoms. The molecule has 3 N–H and O–H groups in total. The SMILES string of the molecule is CCC(CC)C(=O)N(CCN)Cc1ccc(-c2ccccc2-c2nnn[nH]2)cc1. The van der Waals surface area contributed by atoms with Gasteiger partial charge >= 0.3 is 0 Å². The van der Waals surface area contributed by atoms with Crippen molar-refractivity contribution in [1.29, 1.82) is 0 Å². The molecule has 7 heteroatoms. The van der Waals surface area contributed by atoms with Crippen LogP contribution in [0, 0.1) is 5.92 Å². The maximum atomic E-state index is 12.8. The molecule has 0 spiro atoms. The summed E-state index contributed by atoms with van der Waals surface area (Å²) in [6, 6.07) is 16.3. The smallest absolute Gasteiger partial charge is 0.226 e. The topological polar surface area (TPSA) is 101 Å². The molecular weight excluding hydrogens is 364 g/mol. The number of nitrogens with zero attached hydrogens (tertiary/aromatic N) is 4. The highest BCUT2D eigenvalue weighted by molar-refractivity contribution is 5.80. The lowest BCUT2D eigenvalue weighted by atomic mass is 9.98. The molecule has 1 aromatic heterocycles. The summed E-state index contributed by atoms with van der Waals surface area (Å²) in [5.41, 5.74) is 9.89. The number of tetrazole rings is 1. The predicted octanol–water partition coefficient (Wildman–Crippen LogP) is 3.26. The van der Waals surface area contributed by atoms with E-state index in [-0.39, 0.29) is 11.8 Å². The van der Waals surface area contributed by atoms with E-state index in [1.54, 1.807) is 0 Å². The molecule has 1 amide bonds. The number of aromatic amines is 1. The summed E-state index contributed by atoms with van der Waals surface area (Å²) >= 11 is 0. The minimum atomic E-state index is 0.0585. The number of benzene rings is 2. The second-order valence-corrected chi connectivity index (χ2v) is 7.05. The van der Waals surface area contributed by atoms with Gasteiger partial charge in [0.2, 0.25) is 5.91 Å². The molecule has 7 nitrogen and oxygen atoms in total. The molecule has 29 heavy (non-hydrogen) atoms. The van der Waals surface area contributed by atoms with Gasteiger partial charge in [-0.3, -0.25) is 4.79 Å². The Balaban J connectivity index is 1.81. The van der Waals surface area contributed by atoms with Crippen molar-refractivity contribution in [3.8, 4) is 22.5 Å². The number of rotatable bonds is 9. The molecule has 0 saturated heterocycles. The molecule has 3 rings (SSSR count). The van der Waals surface area contributed by atoms with E-state index in [1.807, 2.05) is 29.2 Å². The lowest BCUT2D eigenvalue weighted by molar-refractivity contribution is -0.136. The number of hydrogen-bond donors (Lipinski definition) is 2. The van der Waals surface area contributed by atoms with Crippen LogP contribution in [0.15, 0.2) is 48.5 Å². The van der Waals surface area contributed by atoms with Crippen molar-refractivity contribution < 1.29 is 4.79 Å². The maximum absolute atomic E-state index is 12.8. The van der Waals surface area contributed by atoms with Gasteiger partial charge in [-0.05, 0) is 40.0 Å². The van der Waals surface area contributed by atoms with Crippen LogP contribution in [-0.4, -0.2) is 44.5 Å². The minimum absolute atomic E-state index is 0.0585. The number of nitrogens with one attached hydrogen (secondary N) is 1. The lowest BCUT2D eigenvalue weighted by Crippen LogP contribution is -2.38. The summed E-state index contributed by atoms with van der Waals surface area (Å²) in [5.74, 6) is 0.880. The zero-order chi connectivity index (χ0) is 20.6. The highest BCUT2D eigenvalue weighted by Crippen LogP contribution is 2.30. The highest BCUT2D eigenvalue weighted by Gasteiger charge is 2.21. The van der Waals surface area contributed by atoms with Crippen molar-refractivity contribution in [2.24, 2.45) is 11.7 Å². The molecule has 0 atom stereocenters. The summed E-state index contributed by atoms with van der Waals surface area (Å²) in [6.45, 7) is 5.72. The van der Waals surface area contributed by atoms with E-state index in [2.05, 4.69) is 58.7 Å². The van der Waals surface area contributed by atoms with E-state index in [1.165, 1.54) is 0 Å². The number of carbonyl (C=O) groups excluding carboxylic acids is 1. The molecule has 0 fully saturated rings. The van der Waals surface area contributed by atoms with E-state index in [4.69, 9.17) is 5.73 Å². The molecule has 1 heterocycles. The quantitative estimate of drug-likeness (QED) is 0.582. The molecule has 152 valence electrons. The van der Waals surface area contributed by atoms with Gasteiger partial charge < -0.3 is 10.6 Å². The van der Waals surface area contributed by atoms with Gasteiger partial charge in [-0.15, -0.1) is 5.10 Å². The average Bonchev–Trinajstić information content (AvgIpc) is 3.29. The van der Waals surface area contributed by atoms with E-state index >= 15 is 0 Å². The number of aromatic nitrogens is 4. The Labute approximate surface area is 171 Å². The van der Waals surface area contributed by atoms with Crippen LogP contribution >= 0.6 is 0 Å². The molecule has 3 aromatic rings. The third-order valence-electron chi connectivity index (χ3n) is 5.21. The van der Waals surface area contributed by atoms with Gasteiger partial charge in [0, 0.05) is 31.1 Å². The Bertz CT molecular complexity index is 903. The highest BCUT2D eigenvalue weighted by atomic mass is 16.2. The first-order valence-electron chi connectivity index (χ1n) is 10.1. The van der Waals surface area contributed by atoms with Gasteiger partial charge in [-0.2, -0.15) is 0 Å². The summed E-state index contributed by atoms with van der Waals surface area (Å²) in [5, 5.41) is 14.2. The normalized spacial score (nSPS) is 11.0. The van der Waals surface area contributed by atoms with Crippen LogP contribution in [0.1, 0.15) is 32.3 Å². The number of amides is 1. The van der Waals surface area contributed by atoms with Crippen LogP contribution in [0.4, 0.5) is 0 Å². The Kier molecular flexibility index (Phi) is 7.08. The van der Waals surface area contributed by atoms with Crippen molar-refractivity contribution in [1.82, 2.24) is 25.5 Å². The van der Waals surface area contributed by atoms with Crippen LogP contribution in [-0.2, 0) is 11.3 Å². The van der Waals surface area contributed by atoms with Crippen LogP contribution in [0.2, 0.25) is 0 Å². The Hall–Kier alpha value is -3.06. The standard InChI is InChI=1S/C22H28N6O/c1-3-17(4-2)22(29)28(14-13-23)15-16-9-11-18(12-10-16)19-7-5-6-8-20(19)21-24-26-27-25-21/h5-12,17H,3-4,13-15,23H2,1-2H3,(H,24,25,26,27). The second kappa shape index (κ2) is 9.93. The molecule has 0 aliphatic carbocycles. The lowest BCUT2D eigenvalue weighted by Gasteiger charge is -2.26. The first-order chi connectivity index (χ1) is 14.2. The Morgan fingerprint density at radius 3 is 2.34 bits per heavy atom. The third kappa shape index (κ3) is 4.86. The predicted molar refractivity (Wildman–Crippen MR) is 114 cm³/mol. The maximum Gasteiger partial charge on any atom is 0.226 e. The zero-order valence-corrected chi connectivity index (χ0v) is 17.0. The fourth-order valence-electron chi connectivity index (χ4n) is 3.54. The van der Waals surface area contributed by atoms with Gasteiger partial charge in [-0.25, -0.2) is 5.10 Å². The summed E-state index contributed by atoms with van der Waals surface area (Å²) in [7, 11) is 0. The van der Waals surface area contributed by atoms with Gasteiger partial charge in [0.15, 0.2) is 5.82 Å². The van der Waals surface area contributed by atoms with Crippen LogP contribution < -0.4 is 5.73 Å². The van der Waals surface area contributed by atoms with Crippen molar-refractivity contribution in [2.45, 2.75) is 33.2 Å². The van der Waals surface area contributed by atoms with E-state index in [0.29, 0.717) is 25.5 Å². The third-order valence-corrected chi connectivity index (χ3v) is 5.21. The monoisotopic (exact) mass is 392 g/mol. The molecular formula is C22H28N6O. The van der Waals surface area contributed by atoms with Gasteiger partial charge in [0.05, 0.1) is 0 Å². The summed E-state index contributed by atoms with van der Waals surface area (Å²) in [4.78, 5) is 14.7. The Morgan fingerprint density at radius 1 is 1.07 bits per heavy atom. The molecule has 0 aliphatic rings. The summed E-state index contributed by atoms with van der Waals surface area (Å²) in [6.07, 6.45) is 1.70. The minimum Gasteiger partial charge on any atom is -0.337 e. The van der Waals surface area contributed by atoms with Gasteiger partial charge in [0.1, 0.15) is 0 Å². The zero-order valence-electron chi connectivity index (χ0n) is 17.0. The molecule has 2 aromatic carbocycles. The van der Waals surface area contributed by atoms with E-state index in [9.17, 15) is 4.79 Å². The van der Waals surface area contributed by atoms with Crippen molar-refractivity contribution in [3.63, 3.8) is 0 Å². The first-order valence-corrected chi connectivity index (χ1v) is 10.1. The fraction of sp³-hybridized carbons (Fsp3) is 0.364. The van der Waals surface area contributed by atoms with Gasteiger partial charge in [0.25, 0.3) is 0 Å². The number of nitrogens with two attached hydrogens (primary N) is 1. The van der Waals surface area contributed by atoms with Crippen LogP contribution in [0.3, 0.4) is 0 Å². The molecule has 0 unspecified atom stereocenters. The fourth-order valence-corrected chi connectivity index (χ4v) is 3.54. The molecule has 0 aliphatic heterocycles. The van der Waals surface area contributed by atoms with E-state index < -0.39 is 0 Å². The average molecular weight is 393 g/mol. The van der Waals surface area contributed by atoms with Gasteiger partial charge in [-0.1, -0.05) is 62.4 Å². The largest absolute Gasteiger partial charge is 0.337 e. The van der Waals surface area contributed by atoms with Crippen LogP contribution in [0.5, 0.6) is 0 Å². The molecule has 0 saturated carbocycles. The number of hydrogen-bond acceptors (Lipinski definition) is 5.